The number of aliphatic imine (C=N–C) groups is 1. The molecule has 174 valence electrons. The fourth-order valence-corrected chi connectivity index (χ4v) is 3.98. The predicted octanol–water partition coefficient (Wildman–Crippen LogP) is 3.06. The number of hydrogen-bond acceptors (Lipinski definition) is 6. The van der Waals surface area contributed by atoms with E-state index in [1.54, 1.807) is 36.4 Å². The van der Waals surface area contributed by atoms with Crippen LogP contribution in [0.5, 0.6) is 0 Å². The number of benzene rings is 2. The number of nitrogens with zero attached hydrogens (tertiary/aromatic N) is 4. The van der Waals surface area contributed by atoms with Gasteiger partial charge in [-0.15, -0.1) is 0 Å². The van der Waals surface area contributed by atoms with Crippen LogP contribution in [-0.4, -0.2) is 72.3 Å². The van der Waals surface area contributed by atoms with Gasteiger partial charge in [-0.05, 0) is 49.2 Å². The van der Waals surface area contributed by atoms with E-state index in [4.69, 9.17) is 14.8 Å². The fraction of sp³-hybridized carbons (Fsp3) is 0.391. The summed E-state index contributed by atoms with van der Waals surface area (Å²) in [6.07, 6.45) is 2.17. The van der Waals surface area contributed by atoms with Gasteiger partial charge in [0.25, 0.3) is 5.69 Å². The van der Waals surface area contributed by atoms with Crippen molar-refractivity contribution >= 4 is 29.0 Å². The van der Waals surface area contributed by atoms with Crippen LogP contribution in [0.25, 0.3) is 0 Å². The zero-order valence-corrected chi connectivity index (χ0v) is 18.2. The number of rotatable bonds is 6. The Labute approximate surface area is 191 Å². The van der Waals surface area contributed by atoms with Crippen LogP contribution in [0.1, 0.15) is 23.2 Å². The molecule has 2 fully saturated rings. The highest BCUT2D eigenvalue weighted by Gasteiger charge is 2.22. The molecular weight excluding hydrogens is 426 g/mol. The Balaban J connectivity index is 1.43. The van der Waals surface area contributed by atoms with Crippen molar-refractivity contribution in [2.45, 2.75) is 18.9 Å². The number of ether oxygens (including phenoxy) is 1. The minimum absolute atomic E-state index is 0.0825. The van der Waals surface area contributed by atoms with Crippen molar-refractivity contribution in [1.82, 2.24) is 4.90 Å². The van der Waals surface area contributed by atoms with E-state index in [2.05, 4.69) is 15.1 Å². The Bertz CT molecular complexity index is 995. The Morgan fingerprint density at radius 1 is 1.12 bits per heavy atom. The number of aromatic carboxylic acids is 1. The summed E-state index contributed by atoms with van der Waals surface area (Å²) in [5.74, 6) is -0.229. The number of carboxylic acids is 1. The molecule has 0 unspecified atom stereocenters. The van der Waals surface area contributed by atoms with Crippen molar-refractivity contribution in [2.75, 3.05) is 49.5 Å². The van der Waals surface area contributed by atoms with Crippen molar-refractivity contribution in [3.63, 3.8) is 0 Å². The molecule has 33 heavy (non-hydrogen) atoms. The van der Waals surface area contributed by atoms with Gasteiger partial charge in [-0.25, -0.2) is 4.79 Å². The summed E-state index contributed by atoms with van der Waals surface area (Å²) in [7, 11) is 0. The first-order chi connectivity index (χ1) is 16.0. The molecule has 2 N–H and O–H groups in total. The van der Waals surface area contributed by atoms with Crippen molar-refractivity contribution in [1.29, 1.82) is 0 Å². The third-order valence-electron chi connectivity index (χ3n) is 5.86. The number of guanidine groups is 1. The van der Waals surface area contributed by atoms with Gasteiger partial charge >= 0.3 is 5.97 Å². The molecule has 2 aliphatic heterocycles. The molecule has 0 aliphatic carbocycles. The standard InChI is InChI=1S/C23H27N5O5/c29-22(30)17-3-5-18(6-4-17)25-23(24-16-21-2-1-15-33-21)27-13-11-26(12-14-27)19-7-9-20(10-8-19)28(31)32/h3-10,21H,1-2,11-16H2,(H,24,25)(H,29,30)/t21-/m0/s1. The molecular formula is C23H27N5O5. The number of carbonyl (C=O) groups is 1. The number of nitro benzene ring substituents is 1. The van der Waals surface area contributed by atoms with Gasteiger partial charge < -0.3 is 25.0 Å². The number of anilines is 2. The molecule has 0 bridgehead atoms. The number of non-ortho nitro benzene ring substituents is 1. The van der Waals surface area contributed by atoms with Crippen molar-refractivity contribution < 1.29 is 19.6 Å². The lowest BCUT2D eigenvalue weighted by molar-refractivity contribution is -0.384. The lowest BCUT2D eigenvalue weighted by Crippen LogP contribution is -2.51. The van der Waals surface area contributed by atoms with Gasteiger partial charge in [0.2, 0.25) is 0 Å². The topological polar surface area (TPSA) is 121 Å². The van der Waals surface area contributed by atoms with Gasteiger partial charge in [-0.1, -0.05) is 0 Å². The molecule has 0 radical (unpaired) electrons. The summed E-state index contributed by atoms with van der Waals surface area (Å²) < 4.78 is 5.71. The lowest BCUT2D eigenvalue weighted by Gasteiger charge is -2.37. The number of piperazine rings is 1. The first kappa shape index (κ1) is 22.5. The summed E-state index contributed by atoms with van der Waals surface area (Å²) in [6, 6.07) is 13.2. The molecule has 2 saturated heterocycles. The normalized spacial score (nSPS) is 18.9. The maximum Gasteiger partial charge on any atom is 0.335 e. The van der Waals surface area contributed by atoms with Gasteiger partial charge in [-0.2, -0.15) is 0 Å². The summed E-state index contributed by atoms with van der Waals surface area (Å²) in [5.41, 5.74) is 2.04. The first-order valence-electron chi connectivity index (χ1n) is 11.0. The van der Waals surface area contributed by atoms with Gasteiger partial charge in [0.15, 0.2) is 5.96 Å². The molecule has 2 aliphatic rings. The summed E-state index contributed by atoms with van der Waals surface area (Å²) in [5, 5.41) is 23.4. The molecule has 2 aromatic carbocycles. The maximum absolute atomic E-state index is 11.1. The van der Waals surface area contributed by atoms with Gasteiger partial charge in [-0.3, -0.25) is 15.1 Å². The molecule has 0 amide bonds. The van der Waals surface area contributed by atoms with E-state index >= 15 is 0 Å². The second kappa shape index (κ2) is 10.3. The Morgan fingerprint density at radius 3 is 2.39 bits per heavy atom. The highest BCUT2D eigenvalue weighted by Crippen LogP contribution is 2.21. The van der Waals surface area contributed by atoms with Gasteiger partial charge in [0.05, 0.1) is 23.1 Å². The molecule has 2 aromatic rings. The van der Waals surface area contributed by atoms with Crippen LogP contribution in [0.3, 0.4) is 0 Å². The second-order valence-electron chi connectivity index (χ2n) is 8.05. The molecule has 2 heterocycles. The number of hydrogen-bond donors (Lipinski definition) is 2. The van der Waals surface area contributed by atoms with E-state index in [-0.39, 0.29) is 17.4 Å². The maximum atomic E-state index is 11.1. The lowest BCUT2D eigenvalue weighted by atomic mass is 10.2. The molecule has 4 rings (SSSR count). The van der Waals surface area contributed by atoms with Crippen molar-refractivity contribution in [3.05, 3.63) is 64.2 Å². The van der Waals surface area contributed by atoms with Crippen LogP contribution in [0.2, 0.25) is 0 Å². The smallest absolute Gasteiger partial charge is 0.335 e. The second-order valence-corrected chi connectivity index (χ2v) is 8.05. The van der Waals surface area contributed by atoms with Crippen LogP contribution in [0.4, 0.5) is 17.1 Å². The van der Waals surface area contributed by atoms with Crippen molar-refractivity contribution in [2.24, 2.45) is 4.99 Å². The average molecular weight is 453 g/mol. The van der Waals surface area contributed by atoms with E-state index in [0.29, 0.717) is 6.54 Å². The van der Waals surface area contributed by atoms with Crippen LogP contribution in [0, 0.1) is 10.1 Å². The van der Waals surface area contributed by atoms with Crippen molar-refractivity contribution in [3.8, 4) is 0 Å². The van der Waals surface area contributed by atoms with Gasteiger partial charge in [0, 0.05) is 56.3 Å². The minimum atomic E-state index is -0.962. The molecule has 10 nitrogen and oxygen atoms in total. The third kappa shape index (κ3) is 5.78. The molecule has 0 aromatic heterocycles. The van der Waals surface area contributed by atoms with Crippen LogP contribution < -0.4 is 10.2 Å². The van der Waals surface area contributed by atoms with E-state index in [0.717, 1.165) is 63.0 Å². The third-order valence-corrected chi connectivity index (χ3v) is 5.86. The minimum Gasteiger partial charge on any atom is -0.478 e. The highest BCUT2D eigenvalue weighted by atomic mass is 16.6. The Kier molecular flexibility index (Phi) is 7.04. The SMILES string of the molecule is O=C(O)c1ccc(NC(=NC[C@@H]2CCCO2)N2CCN(c3ccc([N+](=O)[O-])cc3)CC2)cc1. The monoisotopic (exact) mass is 453 g/mol. The average Bonchev–Trinajstić information content (AvgIpc) is 3.36. The van der Waals surface area contributed by atoms with E-state index in [1.807, 2.05) is 0 Å². The number of carboxylic acid groups (broad SMARTS) is 1. The zero-order chi connectivity index (χ0) is 23.2. The van der Waals surface area contributed by atoms with Crippen LogP contribution >= 0.6 is 0 Å². The van der Waals surface area contributed by atoms with E-state index in [9.17, 15) is 14.9 Å². The first-order valence-corrected chi connectivity index (χ1v) is 11.0. The highest BCUT2D eigenvalue weighted by molar-refractivity contribution is 5.95. The largest absolute Gasteiger partial charge is 0.478 e. The molecule has 0 saturated carbocycles. The summed E-state index contributed by atoms with van der Waals surface area (Å²) in [4.78, 5) is 30.8. The quantitative estimate of drug-likeness (QED) is 0.296. The molecule has 0 spiro atoms. The van der Waals surface area contributed by atoms with Crippen LogP contribution in [0.15, 0.2) is 53.5 Å². The Morgan fingerprint density at radius 2 is 1.82 bits per heavy atom. The number of nitrogens with one attached hydrogen (secondary N) is 1. The number of nitro groups is 1. The van der Waals surface area contributed by atoms with Gasteiger partial charge in [0.1, 0.15) is 0 Å². The summed E-state index contributed by atoms with van der Waals surface area (Å²) in [6.45, 7) is 4.28. The predicted molar refractivity (Wildman–Crippen MR) is 125 cm³/mol. The fourth-order valence-electron chi connectivity index (χ4n) is 3.98. The Hall–Kier alpha value is -3.66. The zero-order valence-electron chi connectivity index (χ0n) is 18.2. The van der Waals surface area contributed by atoms with E-state index < -0.39 is 10.9 Å². The molecule has 10 heteroatoms. The molecule has 1 atom stereocenters. The summed E-state index contributed by atoms with van der Waals surface area (Å²) >= 11 is 0. The van der Waals surface area contributed by atoms with Crippen LogP contribution in [-0.2, 0) is 4.74 Å². The van der Waals surface area contributed by atoms with E-state index in [1.165, 1.54) is 12.1 Å².